The third-order valence-electron chi connectivity index (χ3n) is 2.58. The summed E-state index contributed by atoms with van der Waals surface area (Å²) in [6, 6.07) is 4.01. The molecule has 0 radical (unpaired) electrons. The Kier molecular flexibility index (Phi) is 4.09. The summed E-state index contributed by atoms with van der Waals surface area (Å²) in [5.74, 6) is 0.291. The first kappa shape index (κ1) is 12.0. The van der Waals surface area contributed by atoms with Crippen LogP contribution in [0.4, 0.5) is 0 Å². The van der Waals surface area contributed by atoms with Gasteiger partial charge in [-0.15, -0.1) is 0 Å². The number of aromatic hydroxyl groups is 1. The van der Waals surface area contributed by atoms with Gasteiger partial charge in [0.25, 0.3) is 0 Å². The molecule has 1 N–H and O–H groups in total. The fourth-order valence-corrected chi connectivity index (χ4v) is 1.57. The molecule has 0 amide bonds. The van der Waals surface area contributed by atoms with E-state index in [4.69, 9.17) is 0 Å². The molecule has 0 aliphatic heterocycles. The van der Waals surface area contributed by atoms with E-state index in [2.05, 4.69) is 30.7 Å². The number of aromatic nitrogens is 1. The Morgan fingerprint density at radius 3 is 2.60 bits per heavy atom. The van der Waals surface area contributed by atoms with E-state index in [1.165, 1.54) is 0 Å². The molecule has 84 valence electrons. The van der Waals surface area contributed by atoms with Gasteiger partial charge in [0.05, 0.1) is 5.69 Å². The monoisotopic (exact) mass is 208 g/mol. The van der Waals surface area contributed by atoms with Gasteiger partial charge in [-0.05, 0) is 39.4 Å². The van der Waals surface area contributed by atoms with E-state index in [-0.39, 0.29) is 0 Å². The van der Waals surface area contributed by atoms with Gasteiger partial charge in [-0.1, -0.05) is 6.92 Å². The van der Waals surface area contributed by atoms with Crippen molar-refractivity contribution in [2.24, 2.45) is 0 Å². The summed E-state index contributed by atoms with van der Waals surface area (Å²) in [7, 11) is 0. The van der Waals surface area contributed by atoms with Crippen molar-refractivity contribution in [1.29, 1.82) is 0 Å². The van der Waals surface area contributed by atoms with Crippen molar-refractivity contribution in [2.45, 2.75) is 40.3 Å². The lowest BCUT2D eigenvalue weighted by Gasteiger charge is -2.24. The Bertz CT molecular complexity index is 323. The largest absolute Gasteiger partial charge is 0.506 e. The fraction of sp³-hybridized carbons (Fsp3) is 0.583. The van der Waals surface area contributed by atoms with E-state index in [1.54, 1.807) is 6.07 Å². The number of pyridine rings is 1. The first-order chi connectivity index (χ1) is 7.04. The molecular weight excluding hydrogens is 188 g/mol. The highest BCUT2D eigenvalue weighted by atomic mass is 16.3. The molecule has 3 heteroatoms. The molecular formula is C12H20N2O. The molecule has 0 aromatic carbocycles. The van der Waals surface area contributed by atoms with Crippen molar-refractivity contribution in [3.05, 3.63) is 23.5 Å². The predicted molar refractivity (Wildman–Crippen MR) is 61.9 cm³/mol. The van der Waals surface area contributed by atoms with E-state index >= 15 is 0 Å². The van der Waals surface area contributed by atoms with Gasteiger partial charge >= 0.3 is 0 Å². The molecule has 1 aromatic rings. The normalized spacial score (nSPS) is 11.3. The topological polar surface area (TPSA) is 36.4 Å². The molecule has 15 heavy (non-hydrogen) atoms. The Hall–Kier alpha value is -1.09. The van der Waals surface area contributed by atoms with Gasteiger partial charge in [0.2, 0.25) is 0 Å². The molecule has 0 fully saturated rings. The van der Waals surface area contributed by atoms with E-state index in [1.807, 2.05) is 13.0 Å². The van der Waals surface area contributed by atoms with Crippen LogP contribution in [-0.2, 0) is 6.54 Å². The highest BCUT2D eigenvalue weighted by molar-refractivity contribution is 5.27. The predicted octanol–water partition coefficient (Wildman–Crippen LogP) is 2.33. The lowest BCUT2D eigenvalue weighted by atomic mass is 10.2. The highest BCUT2D eigenvalue weighted by Crippen LogP contribution is 2.17. The minimum atomic E-state index is 0.291. The van der Waals surface area contributed by atoms with Crippen molar-refractivity contribution < 1.29 is 5.11 Å². The van der Waals surface area contributed by atoms with E-state index in [0.717, 1.165) is 17.9 Å². The lowest BCUT2D eigenvalue weighted by Crippen LogP contribution is -2.30. The minimum absolute atomic E-state index is 0.291. The summed E-state index contributed by atoms with van der Waals surface area (Å²) < 4.78 is 0. The SMILES string of the molecule is CCN(Cc1nc(C)ccc1O)C(C)C. The third kappa shape index (κ3) is 3.20. The van der Waals surface area contributed by atoms with Crippen LogP contribution in [0.15, 0.2) is 12.1 Å². The van der Waals surface area contributed by atoms with Crippen LogP contribution < -0.4 is 0 Å². The number of hydrogen-bond acceptors (Lipinski definition) is 3. The molecule has 0 saturated heterocycles. The molecule has 1 heterocycles. The van der Waals surface area contributed by atoms with Crippen LogP contribution in [0.3, 0.4) is 0 Å². The minimum Gasteiger partial charge on any atom is -0.506 e. The van der Waals surface area contributed by atoms with E-state index in [9.17, 15) is 5.11 Å². The second-order valence-corrected chi connectivity index (χ2v) is 4.08. The molecule has 0 aliphatic rings. The molecule has 1 aromatic heterocycles. The fourth-order valence-electron chi connectivity index (χ4n) is 1.57. The van der Waals surface area contributed by atoms with E-state index < -0.39 is 0 Å². The quantitative estimate of drug-likeness (QED) is 0.825. The Balaban J connectivity index is 2.82. The molecule has 0 atom stereocenters. The molecule has 0 saturated carbocycles. The number of rotatable bonds is 4. The molecule has 0 unspecified atom stereocenters. The maximum absolute atomic E-state index is 9.67. The second-order valence-electron chi connectivity index (χ2n) is 4.08. The first-order valence-electron chi connectivity index (χ1n) is 5.44. The maximum Gasteiger partial charge on any atom is 0.138 e. The van der Waals surface area contributed by atoms with Crippen LogP contribution in [0.2, 0.25) is 0 Å². The van der Waals surface area contributed by atoms with Gasteiger partial charge in [-0.2, -0.15) is 0 Å². The summed E-state index contributed by atoms with van der Waals surface area (Å²) in [5, 5.41) is 9.67. The van der Waals surface area contributed by atoms with Gasteiger partial charge in [0.1, 0.15) is 5.75 Å². The molecule has 0 bridgehead atoms. The lowest BCUT2D eigenvalue weighted by molar-refractivity contribution is 0.219. The zero-order valence-corrected chi connectivity index (χ0v) is 9.99. The van der Waals surface area contributed by atoms with Crippen molar-refractivity contribution in [3.8, 4) is 5.75 Å². The second kappa shape index (κ2) is 5.12. The van der Waals surface area contributed by atoms with Crippen LogP contribution in [0.1, 0.15) is 32.2 Å². The molecule has 0 spiro atoms. The molecule has 0 aliphatic carbocycles. The summed E-state index contributed by atoms with van der Waals surface area (Å²) in [6.07, 6.45) is 0. The van der Waals surface area contributed by atoms with Crippen molar-refractivity contribution >= 4 is 0 Å². The van der Waals surface area contributed by atoms with Gasteiger partial charge in [-0.25, -0.2) is 0 Å². The van der Waals surface area contributed by atoms with Crippen molar-refractivity contribution in [3.63, 3.8) is 0 Å². The van der Waals surface area contributed by atoms with Gasteiger partial charge in [0, 0.05) is 18.3 Å². The molecule has 3 nitrogen and oxygen atoms in total. The zero-order chi connectivity index (χ0) is 11.4. The Labute approximate surface area is 91.8 Å². The van der Waals surface area contributed by atoms with Crippen LogP contribution in [0.5, 0.6) is 5.75 Å². The third-order valence-corrected chi connectivity index (χ3v) is 2.58. The summed E-state index contributed by atoms with van der Waals surface area (Å²) in [4.78, 5) is 6.62. The van der Waals surface area contributed by atoms with Gasteiger partial charge in [-0.3, -0.25) is 9.88 Å². The Morgan fingerprint density at radius 2 is 2.07 bits per heavy atom. The number of hydrogen-bond donors (Lipinski definition) is 1. The smallest absolute Gasteiger partial charge is 0.138 e. The van der Waals surface area contributed by atoms with Crippen LogP contribution in [0, 0.1) is 6.92 Å². The van der Waals surface area contributed by atoms with Crippen molar-refractivity contribution in [1.82, 2.24) is 9.88 Å². The Morgan fingerprint density at radius 1 is 1.40 bits per heavy atom. The van der Waals surface area contributed by atoms with Crippen LogP contribution >= 0.6 is 0 Å². The number of aryl methyl sites for hydroxylation is 1. The molecule has 1 rings (SSSR count). The average molecular weight is 208 g/mol. The summed E-state index contributed by atoms with van der Waals surface area (Å²) in [6.45, 7) is 10.0. The maximum atomic E-state index is 9.67. The van der Waals surface area contributed by atoms with Gasteiger partial charge < -0.3 is 5.11 Å². The van der Waals surface area contributed by atoms with E-state index in [0.29, 0.717) is 18.3 Å². The number of nitrogens with zero attached hydrogens (tertiary/aromatic N) is 2. The van der Waals surface area contributed by atoms with Crippen molar-refractivity contribution in [2.75, 3.05) is 6.54 Å². The highest BCUT2D eigenvalue weighted by Gasteiger charge is 2.11. The van der Waals surface area contributed by atoms with Gasteiger partial charge in [0.15, 0.2) is 0 Å². The van der Waals surface area contributed by atoms with Crippen LogP contribution in [-0.4, -0.2) is 27.6 Å². The summed E-state index contributed by atoms with van der Waals surface area (Å²) >= 11 is 0. The first-order valence-corrected chi connectivity index (χ1v) is 5.44. The average Bonchev–Trinajstić information content (AvgIpc) is 2.18. The summed E-state index contributed by atoms with van der Waals surface area (Å²) in [5.41, 5.74) is 1.72. The van der Waals surface area contributed by atoms with Crippen LogP contribution in [0.25, 0.3) is 0 Å². The zero-order valence-electron chi connectivity index (χ0n) is 9.99. The standard InChI is InChI=1S/C12H20N2O/c1-5-14(9(2)3)8-11-12(15)7-6-10(4)13-11/h6-7,9,15H,5,8H2,1-4H3.